The van der Waals surface area contributed by atoms with Gasteiger partial charge in [-0.25, -0.2) is 4.79 Å². The number of carbonyl (C=O) groups excluding carboxylic acids is 1. The van der Waals surface area contributed by atoms with Gasteiger partial charge in [0.25, 0.3) is 0 Å². The summed E-state index contributed by atoms with van der Waals surface area (Å²) in [6.07, 6.45) is 0. The van der Waals surface area contributed by atoms with Gasteiger partial charge in [0.05, 0.1) is 14.5 Å². The van der Waals surface area contributed by atoms with Crippen molar-refractivity contribution in [2.24, 2.45) is 0 Å². The molecule has 3 aromatic carbocycles. The molecule has 0 fully saturated rings. The van der Waals surface area contributed by atoms with Crippen LogP contribution in [0.3, 0.4) is 0 Å². The van der Waals surface area contributed by atoms with Gasteiger partial charge in [-0.15, -0.1) is 0 Å². The number of esters is 1. The fourth-order valence-electron chi connectivity index (χ4n) is 3.93. The van der Waals surface area contributed by atoms with Gasteiger partial charge in [0, 0.05) is 16.7 Å². The summed E-state index contributed by atoms with van der Waals surface area (Å²) < 4.78 is 14.2. The third-order valence-corrected chi connectivity index (χ3v) is 7.29. The minimum Gasteiger partial charge on any atom is -0.454 e. The smallest absolute Gasteiger partial charge is 0.340 e. The highest BCUT2D eigenvalue weighted by Gasteiger charge is 2.54. The van der Waals surface area contributed by atoms with Gasteiger partial charge in [0.2, 0.25) is 0 Å². The van der Waals surface area contributed by atoms with Crippen molar-refractivity contribution >= 4 is 37.8 Å². The number of ether oxygens (including phenoxy) is 2. The first-order valence-corrected chi connectivity index (χ1v) is 10.1. The third kappa shape index (κ3) is 2.10. The summed E-state index contributed by atoms with van der Waals surface area (Å²) in [5.41, 5.74) is 4.14. The lowest BCUT2D eigenvalue weighted by atomic mass is 9.77. The van der Waals surface area contributed by atoms with E-state index in [4.69, 9.17) is 9.47 Å². The van der Waals surface area contributed by atoms with Crippen LogP contribution in [0.2, 0.25) is 0 Å². The van der Waals surface area contributed by atoms with E-state index in [1.54, 1.807) is 0 Å². The SMILES string of the molecule is Cc1ccc2c(c1Br)Oc1c(ccc(C)c1Br)C21OC(=O)c2ccccc21. The van der Waals surface area contributed by atoms with Crippen molar-refractivity contribution in [3.8, 4) is 11.5 Å². The fourth-order valence-corrected chi connectivity index (χ4v) is 4.78. The molecule has 0 saturated carbocycles. The van der Waals surface area contributed by atoms with E-state index in [-0.39, 0.29) is 5.97 Å². The average molecular weight is 486 g/mol. The lowest BCUT2D eigenvalue weighted by Gasteiger charge is -2.37. The largest absolute Gasteiger partial charge is 0.454 e. The van der Waals surface area contributed by atoms with Crippen LogP contribution in [-0.4, -0.2) is 5.97 Å². The Balaban J connectivity index is 1.96. The summed E-state index contributed by atoms with van der Waals surface area (Å²) in [6, 6.07) is 15.6. The van der Waals surface area contributed by atoms with Crippen molar-refractivity contribution in [1.29, 1.82) is 0 Å². The average Bonchev–Trinajstić information content (AvgIpc) is 2.96. The molecule has 0 atom stereocenters. The molecule has 3 nitrogen and oxygen atoms in total. The van der Waals surface area contributed by atoms with Crippen LogP contribution in [0.5, 0.6) is 11.5 Å². The monoisotopic (exact) mass is 484 g/mol. The van der Waals surface area contributed by atoms with E-state index >= 15 is 0 Å². The molecule has 2 heterocycles. The molecule has 1 spiro atoms. The molecule has 3 aromatic rings. The van der Waals surface area contributed by atoms with E-state index in [9.17, 15) is 4.79 Å². The predicted molar refractivity (Wildman–Crippen MR) is 110 cm³/mol. The number of aryl methyl sites for hydroxylation is 2. The van der Waals surface area contributed by atoms with Gasteiger partial charge in [-0.1, -0.05) is 42.5 Å². The second-order valence-electron chi connectivity index (χ2n) is 6.86. The highest BCUT2D eigenvalue weighted by atomic mass is 79.9. The Morgan fingerprint density at radius 2 is 1.33 bits per heavy atom. The van der Waals surface area contributed by atoms with Gasteiger partial charge < -0.3 is 9.47 Å². The number of rotatable bonds is 0. The summed E-state index contributed by atoms with van der Waals surface area (Å²) in [7, 11) is 0. The van der Waals surface area contributed by atoms with Crippen molar-refractivity contribution in [1.82, 2.24) is 0 Å². The van der Waals surface area contributed by atoms with Crippen LogP contribution in [0.4, 0.5) is 0 Å². The Labute approximate surface area is 173 Å². The molecule has 0 saturated heterocycles. The van der Waals surface area contributed by atoms with Crippen LogP contribution < -0.4 is 4.74 Å². The Morgan fingerprint density at radius 3 is 1.93 bits per heavy atom. The molecule has 0 amide bonds. The predicted octanol–water partition coefficient (Wildman–Crippen LogP) is 6.40. The van der Waals surface area contributed by atoms with Crippen LogP contribution in [0.25, 0.3) is 0 Å². The van der Waals surface area contributed by atoms with Crippen molar-refractivity contribution in [2.45, 2.75) is 19.4 Å². The van der Waals surface area contributed by atoms with Gasteiger partial charge in [0.15, 0.2) is 5.60 Å². The number of fused-ring (bicyclic) bond motifs is 6. The summed E-state index contributed by atoms with van der Waals surface area (Å²) in [5, 5.41) is 0. The van der Waals surface area contributed by atoms with Crippen LogP contribution in [0.1, 0.15) is 38.2 Å². The molecule has 0 unspecified atom stereocenters. The molecule has 5 rings (SSSR count). The molecule has 0 radical (unpaired) electrons. The van der Waals surface area contributed by atoms with Crippen LogP contribution in [-0.2, 0) is 10.3 Å². The summed E-state index contributed by atoms with van der Waals surface area (Å²) in [5.74, 6) is 1.04. The quantitative estimate of drug-likeness (QED) is 0.346. The molecule has 5 heteroatoms. The minimum absolute atomic E-state index is 0.321. The first-order valence-electron chi connectivity index (χ1n) is 8.55. The van der Waals surface area contributed by atoms with Gasteiger partial charge in [0.1, 0.15) is 11.5 Å². The maximum absolute atomic E-state index is 12.8. The summed E-state index contributed by atoms with van der Waals surface area (Å²) in [6.45, 7) is 4.02. The van der Waals surface area contributed by atoms with Crippen LogP contribution in [0.15, 0.2) is 57.5 Å². The highest BCUT2D eigenvalue weighted by molar-refractivity contribution is 9.11. The molecular formula is C22H14Br2O3. The molecule has 27 heavy (non-hydrogen) atoms. The van der Waals surface area contributed by atoms with Gasteiger partial charge in [-0.3, -0.25) is 0 Å². The lowest BCUT2D eigenvalue weighted by molar-refractivity contribution is 0.0223. The number of benzene rings is 3. The number of carbonyl (C=O) groups is 1. The Morgan fingerprint density at radius 1 is 0.778 bits per heavy atom. The zero-order chi connectivity index (χ0) is 18.9. The van der Waals surface area contributed by atoms with E-state index in [0.29, 0.717) is 17.1 Å². The first-order chi connectivity index (χ1) is 12.9. The second kappa shape index (κ2) is 5.69. The van der Waals surface area contributed by atoms with Crippen molar-refractivity contribution in [3.63, 3.8) is 0 Å². The standard InChI is InChI=1S/C22H14Br2O3/c1-11-7-9-15-19(17(11)23)26-20-16(10-8-12(2)18(20)24)22(15)14-6-4-3-5-13(14)21(25)27-22/h3-10H,1-2H3. The van der Waals surface area contributed by atoms with E-state index in [1.807, 2.05) is 62.4 Å². The zero-order valence-corrected chi connectivity index (χ0v) is 17.8. The number of hydrogen-bond acceptors (Lipinski definition) is 3. The van der Waals surface area contributed by atoms with Crippen molar-refractivity contribution in [3.05, 3.63) is 90.9 Å². The molecule has 0 bridgehead atoms. The van der Waals surface area contributed by atoms with E-state index < -0.39 is 5.60 Å². The van der Waals surface area contributed by atoms with Crippen molar-refractivity contribution in [2.75, 3.05) is 0 Å². The van der Waals surface area contributed by atoms with E-state index in [0.717, 1.165) is 36.8 Å². The molecule has 134 valence electrons. The van der Waals surface area contributed by atoms with Gasteiger partial charge in [-0.2, -0.15) is 0 Å². The molecule has 2 aliphatic rings. The Hall–Kier alpha value is -2.11. The fraction of sp³-hybridized carbons (Fsp3) is 0.136. The van der Waals surface area contributed by atoms with Gasteiger partial charge in [-0.05, 0) is 62.9 Å². The Bertz CT molecular complexity index is 1090. The molecule has 2 aliphatic heterocycles. The number of halogens is 2. The molecule has 0 aromatic heterocycles. The van der Waals surface area contributed by atoms with E-state index in [1.165, 1.54) is 0 Å². The van der Waals surface area contributed by atoms with Crippen LogP contribution in [0, 0.1) is 13.8 Å². The maximum Gasteiger partial charge on any atom is 0.340 e. The lowest BCUT2D eigenvalue weighted by Crippen LogP contribution is -2.33. The highest BCUT2D eigenvalue weighted by Crippen LogP contribution is 2.59. The first kappa shape index (κ1) is 17.0. The number of hydrogen-bond donors (Lipinski definition) is 0. The molecular weight excluding hydrogens is 472 g/mol. The van der Waals surface area contributed by atoms with Crippen molar-refractivity contribution < 1.29 is 14.3 Å². The topological polar surface area (TPSA) is 35.5 Å². The normalized spacial score (nSPS) is 15.6. The zero-order valence-electron chi connectivity index (χ0n) is 14.6. The summed E-state index contributed by atoms with van der Waals surface area (Å²) in [4.78, 5) is 12.8. The Kier molecular flexibility index (Phi) is 3.59. The maximum atomic E-state index is 12.8. The molecule has 0 aliphatic carbocycles. The minimum atomic E-state index is -1.02. The third-order valence-electron chi connectivity index (χ3n) is 5.32. The molecule has 0 N–H and O–H groups in total. The van der Waals surface area contributed by atoms with Crippen LogP contribution >= 0.6 is 31.9 Å². The summed E-state index contributed by atoms with van der Waals surface area (Å²) >= 11 is 7.33. The van der Waals surface area contributed by atoms with Gasteiger partial charge >= 0.3 is 5.97 Å². The second-order valence-corrected chi connectivity index (χ2v) is 8.45. The van der Waals surface area contributed by atoms with E-state index in [2.05, 4.69) is 31.9 Å².